The summed E-state index contributed by atoms with van der Waals surface area (Å²) in [4.78, 5) is 10.3. The average molecular weight is 418 g/mol. The number of ether oxygens (including phenoxy) is 1. The minimum Gasteiger partial charge on any atom is -0.457 e. The SMILES string of the molecule is CN1/C=C/C(=S)c2ccc(Oc3cc(F)cc(C#N)c3)c3c2C(OO1)C(F)(F)C3. The summed E-state index contributed by atoms with van der Waals surface area (Å²) >= 11 is 5.36. The molecule has 4 rings (SSSR count). The molecule has 0 saturated carbocycles. The highest BCUT2D eigenvalue weighted by Crippen LogP contribution is 2.51. The number of alkyl halides is 2. The maximum atomic E-state index is 14.8. The zero-order chi connectivity index (χ0) is 20.8. The molecule has 1 unspecified atom stereocenters. The van der Waals surface area contributed by atoms with Gasteiger partial charge in [-0.2, -0.15) is 10.1 Å². The average Bonchev–Trinajstić information content (AvgIpc) is 2.96. The molecule has 0 spiro atoms. The molecule has 1 aliphatic heterocycles. The van der Waals surface area contributed by atoms with E-state index in [1.807, 2.05) is 6.07 Å². The van der Waals surface area contributed by atoms with Crippen LogP contribution in [0.5, 0.6) is 11.5 Å². The van der Waals surface area contributed by atoms with Gasteiger partial charge >= 0.3 is 0 Å². The third kappa shape index (κ3) is 3.58. The Morgan fingerprint density at radius 3 is 2.86 bits per heavy atom. The monoisotopic (exact) mass is 418 g/mol. The Kier molecular flexibility index (Phi) is 4.78. The van der Waals surface area contributed by atoms with E-state index in [9.17, 15) is 13.2 Å². The van der Waals surface area contributed by atoms with Crippen LogP contribution in [0.1, 0.15) is 28.4 Å². The Morgan fingerprint density at radius 2 is 2.10 bits per heavy atom. The highest BCUT2D eigenvalue weighted by molar-refractivity contribution is 7.81. The summed E-state index contributed by atoms with van der Waals surface area (Å²) in [5, 5.41) is 10.1. The van der Waals surface area contributed by atoms with Gasteiger partial charge in [-0.15, -0.1) is 4.99 Å². The van der Waals surface area contributed by atoms with Crippen LogP contribution in [0.4, 0.5) is 13.2 Å². The molecule has 1 heterocycles. The largest absolute Gasteiger partial charge is 0.457 e. The molecule has 0 bridgehead atoms. The summed E-state index contributed by atoms with van der Waals surface area (Å²) in [5.74, 6) is -3.83. The third-order valence-electron chi connectivity index (χ3n) is 4.56. The number of benzene rings is 2. The molecule has 0 amide bonds. The Balaban J connectivity index is 1.83. The fourth-order valence-corrected chi connectivity index (χ4v) is 3.55. The molecule has 0 radical (unpaired) electrons. The molecular formula is C20H13F3N2O3S. The molecule has 1 aliphatic carbocycles. The Bertz CT molecular complexity index is 1080. The van der Waals surface area contributed by atoms with Crippen molar-refractivity contribution in [3.63, 3.8) is 0 Å². The number of nitrogens with zero attached hydrogens (tertiary/aromatic N) is 2. The summed E-state index contributed by atoms with van der Waals surface area (Å²) in [5.41, 5.74) is 0.795. The van der Waals surface area contributed by atoms with Crippen molar-refractivity contribution >= 4 is 17.1 Å². The van der Waals surface area contributed by atoms with Crippen LogP contribution in [-0.2, 0) is 16.3 Å². The molecule has 2 aromatic carbocycles. The molecular weight excluding hydrogens is 405 g/mol. The maximum absolute atomic E-state index is 14.8. The first kappa shape index (κ1) is 19.4. The van der Waals surface area contributed by atoms with E-state index in [-0.39, 0.29) is 28.2 Å². The standard InChI is InChI=1S/C20H13F3N2O3S/c1-25-5-4-17(29)14-2-3-16(26-13-7-11(10-24)6-12(21)8-13)15-9-20(22,23)19(18(14)15)27-28-25/h2-8,19H,9H2,1H3/b5-4+. The molecule has 9 heteroatoms. The summed E-state index contributed by atoms with van der Waals surface area (Å²) in [6.45, 7) is 0. The highest BCUT2D eigenvalue weighted by atomic mass is 32.1. The van der Waals surface area contributed by atoms with Crippen molar-refractivity contribution < 1.29 is 27.8 Å². The molecule has 0 aromatic heterocycles. The zero-order valence-electron chi connectivity index (χ0n) is 15.0. The number of hydroxylamine groups is 2. The second kappa shape index (κ2) is 7.15. The Hall–Kier alpha value is -2.93. The van der Waals surface area contributed by atoms with Gasteiger partial charge in [0.1, 0.15) is 17.3 Å². The number of thiocarbonyl (C=S) groups is 1. The van der Waals surface area contributed by atoms with Gasteiger partial charge in [0.15, 0.2) is 6.10 Å². The van der Waals surface area contributed by atoms with E-state index in [0.717, 1.165) is 17.2 Å². The lowest BCUT2D eigenvalue weighted by Gasteiger charge is -2.21. The Labute approximate surface area is 169 Å². The fourth-order valence-electron chi connectivity index (χ4n) is 3.31. The predicted octanol–water partition coefficient (Wildman–Crippen LogP) is 4.76. The van der Waals surface area contributed by atoms with Crippen LogP contribution in [0.15, 0.2) is 42.6 Å². The minimum absolute atomic E-state index is 0.0203. The van der Waals surface area contributed by atoms with Crippen molar-refractivity contribution in [1.82, 2.24) is 5.06 Å². The molecule has 1 atom stereocenters. The number of halogens is 3. The van der Waals surface area contributed by atoms with E-state index in [2.05, 4.69) is 0 Å². The summed E-state index contributed by atoms with van der Waals surface area (Å²) < 4.78 is 48.9. The first-order chi connectivity index (χ1) is 13.8. The number of rotatable bonds is 2. The quantitative estimate of drug-likeness (QED) is 0.518. The van der Waals surface area contributed by atoms with Gasteiger partial charge < -0.3 is 4.74 Å². The van der Waals surface area contributed by atoms with Crippen molar-refractivity contribution in [3.05, 3.63) is 70.7 Å². The maximum Gasteiger partial charge on any atom is 0.285 e. The lowest BCUT2D eigenvalue weighted by Crippen LogP contribution is -2.27. The topological polar surface area (TPSA) is 54.7 Å². The number of hydrogen-bond acceptors (Lipinski definition) is 6. The van der Waals surface area contributed by atoms with Crippen LogP contribution in [0.2, 0.25) is 0 Å². The molecule has 2 aromatic rings. The molecule has 0 fully saturated rings. The number of hydrogen-bond donors (Lipinski definition) is 0. The Morgan fingerprint density at radius 1 is 1.31 bits per heavy atom. The van der Waals surface area contributed by atoms with Gasteiger partial charge in [-0.3, -0.25) is 0 Å². The van der Waals surface area contributed by atoms with E-state index in [1.54, 1.807) is 12.1 Å². The molecule has 0 N–H and O–H groups in total. The van der Waals surface area contributed by atoms with Gasteiger partial charge in [-0.05, 0) is 35.9 Å². The molecule has 5 nitrogen and oxygen atoms in total. The van der Waals surface area contributed by atoms with Gasteiger partial charge in [0.25, 0.3) is 5.92 Å². The molecule has 2 aliphatic rings. The van der Waals surface area contributed by atoms with Crippen LogP contribution in [0.3, 0.4) is 0 Å². The van der Waals surface area contributed by atoms with E-state index in [1.165, 1.54) is 25.4 Å². The van der Waals surface area contributed by atoms with E-state index in [0.29, 0.717) is 10.4 Å². The van der Waals surface area contributed by atoms with E-state index in [4.69, 9.17) is 32.1 Å². The second-order valence-corrected chi connectivity index (χ2v) is 7.05. The predicted molar refractivity (Wildman–Crippen MR) is 99.8 cm³/mol. The number of allylic oxidation sites excluding steroid dienone is 1. The lowest BCUT2D eigenvalue weighted by molar-refractivity contribution is -0.444. The molecule has 148 valence electrons. The van der Waals surface area contributed by atoms with Crippen LogP contribution >= 0.6 is 12.2 Å². The molecule has 0 saturated heterocycles. The van der Waals surface area contributed by atoms with Gasteiger partial charge in [-0.1, -0.05) is 12.2 Å². The van der Waals surface area contributed by atoms with Crippen LogP contribution in [0.25, 0.3) is 0 Å². The van der Waals surface area contributed by atoms with Crippen molar-refractivity contribution in [2.45, 2.75) is 18.4 Å². The minimum atomic E-state index is -3.28. The summed E-state index contributed by atoms with van der Waals surface area (Å²) in [6, 6.07) is 8.31. The lowest BCUT2D eigenvalue weighted by atomic mass is 9.98. The van der Waals surface area contributed by atoms with Gasteiger partial charge in [0.05, 0.1) is 11.6 Å². The first-order valence-electron chi connectivity index (χ1n) is 8.49. The second-order valence-electron chi connectivity index (χ2n) is 6.61. The van der Waals surface area contributed by atoms with Crippen molar-refractivity contribution in [2.75, 3.05) is 7.05 Å². The van der Waals surface area contributed by atoms with Crippen molar-refractivity contribution in [2.24, 2.45) is 0 Å². The summed E-state index contributed by atoms with van der Waals surface area (Å²) in [7, 11) is 1.48. The van der Waals surface area contributed by atoms with Crippen LogP contribution < -0.4 is 4.74 Å². The molecule has 29 heavy (non-hydrogen) atoms. The zero-order valence-corrected chi connectivity index (χ0v) is 15.8. The normalized spacial score (nSPS) is 20.9. The van der Waals surface area contributed by atoms with Gasteiger partial charge in [0.2, 0.25) is 0 Å². The van der Waals surface area contributed by atoms with Crippen molar-refractivity contribution in [1.29, 1.82) is 5.26 Å². The summed E-state index contributed by atoms with van der Waals surface area (Å²) in [6.07, 6.45) is 0.628. The smallest absolute Gasteiger partial charge is 0.285 e. The van der Waals surface area contributed by atoms with Crippen LogP contribution in [-0.4, -0.2) is 22.9 Å². The number of nitriles is 1. The van der Waals surface area contributed by atoms with Gasteiger partial charge in [0, 0.05) is 41.7 Å². The fraction of sp³-hybridized carbons (Fsp3) is 0.200. The first-order valence-corrected chi connectivity index (χ1v) is 8.90. The van der Waals surface area contributed by atoms with Crippen molar-refractivity contribution in [3.8, 4) is 17.6 Å². The van der Waals surface area contributed by atoms with E-state index >= 15 is 0 Å². The third-order valence-corrected chi connectivity index (χ3v) is 4.91. The van der Waals surface area contributed by atoms with E-state index < -0.39 is 24.3 Å². The van der Waals surface area contributed by atoms with Gasteiger partial charge in [-0.25, -0.2) is 18.2 Å². The highest BCUT2D eigenvalue weighted by Gasteiger charge is 2.52. The van der Waals surface area contributed by atoms with Crippen LogP contribution in [0, 0.1) is 17.1 Å².